The fourth-order valence-electron chi connectivity index (χ4n) is 2.25. The molecule has 0 unspecified atom stereocenters. The minimum absolute atomic E-state index is 0.331. The van der Waals surface area contributed by atoms with Gasteiger partial charge in [-0.1, -0.05) is 13.8 Å². The number of aromatic nitrogens is 2. The van der Waals surface area contributed by atoms with Crippen molar-refractivity contribution in [3.05, 3.63) is 11.4 Å². The van der Waals surface area contributed by atoms with Crippen molar-refractivity contribution in [2.75, 3.05) is 19.6 Å². The van der Waals surface area contributed by atoms with Crippen LogP contribution in [0.1, 0.15) is 44.5 Å². The highest BCUT2D eigenvalue weighted by atomic mass is 32.2. The van der Waals surface area contributed by atoms with Gasteiger partial charge in [-0.2, -0.15) is 5.10 Å². The van der Waals surface area contributed by atoms with E-state index in [0.29, 0.717) is 22.8 Å². The van der Waals surface area contributed by atoms with E-state index in [1.165, 1.54) is 0 Å². The second-order valence-electron chi connectivity index (χ2n) is 5.22. The molecule has 0 bridgehead atoms. The van der Waals surface area contributed by atoms with Crippen molar-refractivity contribution in [2.45, 2.75) is 58.4 Å². The summed E-state index contributed by atoms with van der Waals surface area (Å²) in [5.74, 6) is 0. The van der Waals surface area contributed by atoms with Crippen molar-refractivity contribution in [3.8, 4) is 0 Å². The van der Waals surface area contributed by atoms with Gasteiger partial charge in [0.05, 0.1) is 11.4 Å². The SMILES string of the molecule is CCCNCCCn1nc(C)c(S(=O)(=O)NCCC)c1C. The molecule has 0 aromatic carbocycles. The number of nitrogens with zero attached hydrogens (tertiary/aromatic N) is 2. The molecular weight excluding hydrogens is 288 g/mol. The number of nitrogens with one attached hydrogen (secondary N) is 2. The van der Waals surface area contributed by atoms with Gasteiger partial charge in [-0.05, 0) is 46.2 Å². The molecule has 7 heteroatoms. The van der Waals surface area contributed by atoms with Crippen LogP contribution < -0.4 is 10.0 Å². The van der Waals surface area contributed by atoms with E-state index in [9.17, 15) is 8.42 Å². The molecule has 6 nitrogen and oxygen atoms in total. The fraction of sp³-hybridized carbons (Fsp3) is 0.786. The summed E-state index contributed by atoms with van der Waals surface area (Å²) in [6.45, 7) is 10.8. The van der Waals surface area contributed by atoms with Gasteiger partial charge in [0.1, 0.15) is 4.90 Å². The number of aryl methyl sites for hydroxylation is 2. The van der Waals surface area contributed by atoms with E-state index in [0.717, 1.165) is 38.9 Å². The predicted molar refractivity (Wildman–Crippen MR) is 85.0 cm³/mol. The predicted octanol–water partition coefficient (Wildman–Crippen LogP) is 1.58. The second kappa shape index (κ2) is 8.51. The van der Waals surface area contributed by atoms with Crippen LogP contribution in [0.4, 0.5) is 0 Å². The van der Waals surface area contributed by atoms with E-state index in [2.05, 4.69) is 22.1 Å². The first-order chi connectivity index (χ1) is 9.94. The summed E-state index contributed by atoms with van der Waals surface area (Å²) in [6.07, 6.45) is 2.82. The summed E-state index contributed by atoms with van der Waals surface area (Å²) >= 11 is 0. The largest absolute Gasteiger partial charge is 0.317 e. The maximum atomic E-state index is 12.3. The van der Waals surface area contributed by atoms with E-state index in [1.54, 1.807) is 11.6 Å². The van der Waals surface area contributed by atoms with E-state index in [-0.39, 0.29) is 0 Å². The molecule has 0 amide bonds. The van der Waals surface area contributed by atoms with Gasteiger partial charge in [0, 0.05) is 13.1 Å². The number of rotatable bonds is 10. The third-order valence-corrected chi connectivity index (χ3v) is 4.99. The van der Waals surface area contributed by atoms with E-state index in [1.807, 2.05) is 13.8 Å². The molecule has 1 rings (SSSR count). The molecule has 1 aromatic heterocycles. The molecule has 0 saturated carbocycles. The summed E-state index contributed by atoms with van der Waals surface area (Å²) in [4.78, 5) is 0.331. The van der Waals surface area contributed by atoms with Crippen molar-refractivity contribution in [1.29, 1.82) is 0 Å². The molecule has 0 radical (unpaired) electrons. The van der Waals surface area contributed by atoms with Gasteiger partial charge in [0.15, 0.2) is 0 Å². The number of hydrogen-bond acceptors (Lipinski definition) is 4. The molecule has 0 fully saturated rings. The lowest BCUT2D eigenvalue weighted by molar-refractivity contribution is 0.530. The Balaban J connectivity index is 2.76. The Morgan fingerprint density at radius 2 is 1.76 bits per heavy atom. The molecule has 2 N–H and O–H groups in total. The minimum Gasteiger partial charge on any atom is -0.317 e. The van der Waals surface area contributed by atoms with Crippen LogP contribution in [-0.2, 0) is 16.6 Å². The maximum absolute atomic E-state index is 12.3. The molecule has 0 saturated heterocycles. The van der Waals surface area contributed by atoms with Crippen LogP contribution in [0.25, 0.3) is 0 Å². The lowest BCUT2D eigenvalue weighted by Crippen LogP contribution is -2.25. The second-order valence-corrected chi connectivity index (χ2v) is 6.93. The molecule has 1 aromatic rings. The molecule has 0 atom stereocenters. The molecule has 122 valence electrons. The van der Waals surface area contributed by atoms with Crippen LogP contribution in [0.2, 0.25) is 0 Å². The summed E-state index contributed by atoms with van der Waals surface area (Å²) in [7, 11) is -3.45. The molecular formula is C14H28N4O2S. The lowest BCUT2D eigenvalue weighted by atomic mass is 10.3. The Kier molecular flexibility index (Phi) is 7.34. The Hall–Kier alpha value is -0.920. The maximum Gasteiger partial charge on any atom is 0.244 e. The van der Waals surface area contributed by atoms with Gasteiger partial charge >= 0.3 is 0 Å². The van der Waals surface area contributed by atoms with E-state index >= 15 is 0 Å². The Labute approximate surface area is 128 Å². The van der Waals surface area contributed by atoms with Crippen LogP contribution in [0.15, 0.2) is 4.90 Å². The molecule has 1 heterocycles. The van der Waals surface area contributed by atoms with Crippen molar-refractivity contribution < 1.29 is 8.42 Å². The molecule has 0 aliphatic heterocycles. The van der Waals surface area contributed by atoms with Crippen LogP contribution >= 0.6 is 0 Å². The molecule has 21 heavy (non-hydrogen) atoms. The topological polar surface area (TPSA) is 76.0 Å². The van der Waals surface area contributed by atoms with Crippen LogP contribution in [0.3, 0.4) is 0 Å². The van der Waals surface area contributed by atoms with Crippen LogP contribution in [-0.4, -0.2) is 37.8 Å². The Morgan fingerprint density at radius 1 is 1.10 bits per heavy atom. The first-order valence-electron chi connectivity index (χ1n) is 7.68. The van der Waals surface area contributed by atoms with E-state index < -0.39 is 10.0 Å². The number of sulfonamides is 1. The first-order valence-corrected chi connectivity index (χ1v) is 9.16. The zero-order valence-electron chi connectivity index (χ0n) is 13.6. The van der Waals surface area contributed by atoms with Crippen LogP contribution in [0.5, 0.6) is 0 Å². The standard InChI is InChI=1S/C14H28N4O2S/c1-5-8-15-10-7-11-18-13(4)14(12(3)17-18)21(19,20)16-9-6-2/h15-16H,5-11H2,1-4H3. The van der Waals surface area contributed by atoms with Gasteiger partial charge in [-0.15, -0.1) is 0 Å². The molecule has 0 aliphatic rings. The Bertz CT molecular complexity index is 537. The zero-order chi connectivity index (χ0) is 15.9. The summed E-state index contributed by atoms with van der Waals surface area (Å²) in [5.41, 5.74) is 1.28. The third-order valence-electron chi connectivity index (χ3n) is 3.28. The lowest BCUT2D eigenvalue weighted by Gasteiger charge is -2.07. The van der Waals surface area contributed by atoms with Gasteiger partial charge in [-0.25, -0.2) is 13.1 Å². The number of hydrogen-bond donors (Lipinski definition) is 2. The first kappa shape index (κ1) is 18.1. The van der Waals surface area contributed by atoms with Crippen molar-refractivity contribution in [3.63, 3.8) is 0 Å². The van der Waals surface area contributed by atoms with Gasteiger partial charge < -0.3 is 5.32 Å². The Morgan fingerprint density at radius 3 is 2.38 bits per heavy atom. The summed E-state index contributed by atoms with van der Waals surface area (Å²) in [5, 5.41) is 7.70. The average Bonchev–Trinajstić information content (AvgIpc) is 2.71. The molecule has 0 aliphatic carbocycles. The summed E-state index contributed by atoms with van der Waals surface area (Å²) in [6, 6.07) is 0. The highest BCUT2D eigenvalue weighted by Gasteiger charge is 2.23. The van der Waals surface area contributed by atoms with Gasteiger partial charge in [0.25, 0.3) is 0 Å². The van der Waals surface area contributed by atoms with Crippen LogP contribution in [0, 0.1) is 13.8 Å². The smallest absolute Gasteiger partial charge is 0.244 e. The highest BCUT2D eigenvalue weighted by Crippen LogP contribution is 2.19. The fourth-order valence-corrected chi connectivity index (χ4v) is 3.79. The summed E-state index contributed by atoms with van der Waals surface area (Å²) < 4.78 is 29.0. The minimum atomic E-state index is -3.45. The normalized spacial score (nSPS) is 12.0. The van der Waals surface area contributed by atoms with Crippen molar-refractivity contribution in [1.82, 2.24) is 19.8 Å². The van der Waals surface area contributed by atoms with Gasteiger partial charge in [0.2, 0.25) is 10.0 Å². The third kappa shape index (κ3) is 5.09. The van der Waals surface area contributed by atoms with Crippen molar-refractivity contribution >= 4 is 10.0 Å². The highest BCUT2D eigenvalue weighted by molar-refractivity contribution is 7.89. The van der Waals surface area contributed by atoms with Gasteiger partial charge in [-0.3, -0.25) is 4.68 Å². The average molecular weight is 316 g/mol. The monoisotopic (exact) mass is 316 g/mol. The zero-order valence-corrected chi connectivity index (χ0v) is 14.4. The quantitative estimate of drug-likeness (QED) is 0.643. The van der Waals surface area contributed by atoms with Crippen molar-refractivity contribution in [2.24, 2.45) is 0 Å². The molecule has 0 spiro atoms. The van der Waals surface area contributed by atoms with E-state index in [4.69, 9.17) is 0 Å².